The van der Waals surface area contributed by atoms with Gasteiger partial charge >= 0.3 is 0 Å². The van der Waals surface area contributed by atoms with Gasteiger partial charge in [0.2, 0.25) is 0 Å². The topological polar surface area (TPSA) is 51.2 Å². The summed E-state index contributed by atoms with van der Waals surface area (Å²) in [5.74, 6) is 0.770. The van der Waals surface area contributed by atoms with Crippen molar-refractivity contribution in [3.8, 4) is 5.75 Å². The average molecular weight is 264 g/mol. The zero-order valence-corrected chi connectivity index (χ0v) is 12.1. The molecule has 1 aromatic heterocycles. The highest BCUT2D eigenvalue weighted by atomic mass is 16.5. The number of Topliss-reactive ketones (excluding diaryl/α,β-unsaturated/α-hetero) is 1. The molecule has 4 heteroatoms. The van der Waals surface area contributed by atoms with Crippen molar-refractivity contribution in [1.82, 2.24) is 10.3 Å². The maximum atomic E-state index is 11.7. The molecule has 4 nitrogen and oxygen atoms in total. The van der Waals surface area contributed by atoms with E-state index < -0.39 is 0 Å². The second-order valence-corrected chi connectivity index (χ2v) is 4.81. The van der Waals surface area contributed by atoms with E-state index in [2.05, 4.69) is 17.2 Å². The molecule has 0 aromatic carbocycles. The lowest BCUT2D eigenvalue weighted by atomic mass is 10.1. The van der Waals surface area contributed by atoms with Gasteiger partial charge in [-0.25, -0.2) is 4.98 Å². The van der Waals surface area contributed by atoms with Crippen LogP contribution in [0.5, 0.6) is 5.75 Å². The van der Waals surface area contributed by atoms with Crippen LogP contribution >= 0.6 is 0 Å². The first-order valence-electron chi connectivity index (χ1n) is 6.99. The van der Waals surface area contributed by atoms with Crippen LogP contribution in [0.25, 0.3) is 0 Å². The van der Waals surface area contributed by atoms with E-state index in [-0.39, 0.29) is 11.7 Å². The summed E-state index contributed by atoms with van der Waals surface area (Å²) in [6, 6.07) is 3.54. The largest absolute Gasteiger partial charge is 0.492 e. The number of pyridine rings is 1. The standard InChI is InChI=1S/C15H24N2O2/c1-4-16-9-5-6-10-19-13-7-8-14(17-11-13)15(18)12(2)3/h7-8,11-12,16H,4-6,9-10H2,1-3H3. The van der Waals surface area contributed by atoms with E-state index in [9.17, 15) is 4.79 Å². The van der Waals surface area contributed by atoms with Gasteiger partial charge in [0.1, 0.15) is 11.4 Å². The lowest BCUT2D eigenvalue weighted by Gasteiger charge is -2.07. The highest BCUT2D eigenvalue weighted by molar-refractivity contribution is 5.95. The molecule has 0 aliphatic carbocycles. The number of nitrogens with one attached hydrogen (secondary N) is 1. The first-order valence-corrected chi connectivity index (χ1v) is 6.99. The second kappa shape index (κ2) is 8.64. The fourth-order valence-corrected chi connectivity index (χ4v) is 1.63. The number of hydrogen-bond acceptors (Lipinski definition) is 4. The van der Waals surface area contributed by atoms with Gasteiger partial charge in [0.15, 0.2) is 5.78 Å². The summed E-state index contributed by atoms with van der Waals surface area (Å²) in [7, 11) is 0. The number of ether oxygens (including phenoxy) is 1. The third-order valence-electron chi connectivity index (χ3n) is 2.78. The van der Waals surface area contributed by atoms with Crippen LogP contribution in [0.15, 0.2) is 18.3 Å². The van der Waals surface area contributed by atoms with Crippen molar-refractivity contribution in [1.29, 1.82) is 0 Å². The van der Waals surface area contributed by atoms with Crippen molar-refractivity contribution < 1.29 is 9.53 Å². The minimum absolute atomic E-state index is 0.0228. The number of unbranched alkanes of at least 4 members (excludes halogenated alkanes) is 1. The number of nitrogens with zero attached hydrogens (tertiary/aromatic N) is 1. The Morgan fingerprint density at radius 1 is 1.37 bits per heavy atom. The molecule has 1 N–H and O–H groups in total. The van der Waals surface area contributed by atoms with Crippen molar-refractivity contribution in [3.63, 3.8) is 0 Å². The molecule has 19 heavy (non-hydrogen) atoms. The van der Waals surface area contributed by atoms with Crippen LogP contribution in [0.3, 0.4) is 0 Å². The SMILES string of the molecule is CCNCCCCOc1ccc(C(=O)C(C)C)nc1. The minimum atomic E-state index is -0.0228. The van der Waals surface area contributed by atoms with Gasteiger partial charge in [-0.05, 0) is 38.1 Å². The van der Waals surface area contributed by atoms with E-state index in [1.807, 2.05) is 19.9 Å². The van der Waals surface area contributed by atoms with Crippen molar-refractivity contribution in [2.45, 2.75) is 33.6 Å². The summed E-state index contributed by atoms with van der Waals surface area (Å²) in [5, 5.41) is 3.27. The Balaban J connectivity index is 2.30. The molecule has 0 unspecified atom stereocenters. The van der Waals surface area contributed by atoms with Crippen LogP contribution in [-0.2, 0) is 0 Å². The second-order valence-electron chi connectivity index (χ2n) is 4.81. The van der Waals surface area contributed by atoms with E-state index in [0.717, 1.165) is 31.7 Å². The molecular formula is C15H24N2O2. The van der Waals surface area contributed by atoms with Crippen molar-refractivity contribution >= 4 is 5.78 Å². The summed E-state index contributed by atoms with van der Waals surface area (Å²) < 4.78 is 5.58. The predicted molar refractivity (Wildman–Crippen MR) is 76.7 cm³/mol. The highest BCUT2D eigenvalue weighted by Gasteiger charge is 2.11. The Bertz CT molecular complexity index is 374. The normalized spacial score (nSPS) is 10.7. The predicted octanol–water partition coefficient (Wildman–Crippen LogP) is 2.69. The minimum Gasteiger partial charge on any atom is -0.492 e. The first kappa shape index (κ1) is 15.6. The molecule has 0 saturated heterocycles. The van der Waals surface area contributed by atoms with Crippen LogP contribution in [0.2, 0.25) is 0 Å². The summed E-state index contributed by atoms with van der Waals surface area (Å²) in [4.78, 5) is 15.8. The lowest BCUT2D eigenvalue weighted by Crippen LogP contribution is -2.14. The fraction of sp³-hybridized carbons (Fsp3) is 0.600. The van der Waals surface area contributed by atoms with Crippen LogP contribution in [0.4, 0.5) is 0 Å². The van der Waals surface area contributed by atoms with E-state index in [4.69, 9.17) is 4.74 Å². The number of hydrogen-bond donors (Lipinski definition) is 1. The van der Waals surface area contributed by atoms with Crippen LogP contribution in [-0.4, -0.2) is 30.5 Å². The van der Waals surface area contributed by atoms with Crippen LogP contribution < -0.4 is 10.1 Å². The zero-order chi connectivity index (χ0) is 14.1. The van der Waals surface area contributed by atoms with Gasteiger partial charge in [-0.3, -0.25) is 4.79 Å². The Morgan fingerprint density at radius 3 is 2.74 bits per heavy atom. The van der Waals surface area contributed by atoms with Gasteiger partial charge in [-0.1, -0.05) is 20.8 Å². The number of aromatic nitrogens is 1. The van der Waals surface area contributed by atoms with Gasteiger partial charge < -0.3 is 10.1 Å². The van der Waals surface area contributed by atoms with Gasteiger partial charge in [0.25, 0.3) is 0 Å². The summed E-state index contributed by atoms with van der Waals surface area (Å²) >= 11 is 0. The van der Waals surface area contributed by atoms with E-state index in [1.165, 1.54) is 0 Å². The van der Waals surface area contributed by atoms with Crippen LogP contribution in [0, 0.1) is 5.92 Å². The first-order chi connectivity index (χ1) is 9.15. The molecule has 1 heterocycles. The fourth-order valence-electron chi connectivity index (χ4n) is 1.63. The Kier molecular flexibility index (Phi) is 7.11. The quantitative estimate of drug-likeness (QED) is 0.550. The van der Waals surface area contributed by atoms with Crippen molar-refractivity contribution in [3.05, 3.63) is 24.0 Å². The number of rotatable bonds is 9. The molecule has 0 radical (unpaired) electrons. The molecular weight excluding hydrogens is 240 g/mol. The molecule has 0 fully saturated rings. The molecule has 0 aliphatic heterocycles. The lowest BCUT2D eigenvalue weighted by molar-refractivity contribution is 0.0934. The molecule has 1 aromatic rings. The molecule has 106 valence electrons. The van der Waals surface area contributed by atoms with Crippen LogP contribution in [0.1, 0.15) is 44.1 Å². The number of ketones is 1. The monoisotopic (exact) mass is 264 g/mol. The van der Waals surface area contributed by atoms with E-state index in [0.29, 0.717) is 12.3 Å². The summed E-state index contributed by atoms with van der Waals surface area (Å²) in [5.41, 5.74) is 0.509. The Hall–Kier alpha value is -1.42. The van der Waals surface area contributed by atoms with Crippen molar-refractivity contribution in [2.75, 3.05) is 19.7 Å². The third-order valence-corrected chi connectivity index (χ3v) is 2.78. The van der Waals surface area contributed by atoms with E-state index in [1.54, 1.807) is 12.3 Å². The average Bonchev–Trinajstić information content (AvgIpc) is 2.42. The molecule has 0 atom stereocenters. The number of carbonyl (C=O) groups is 1. The summed E-state index contributed by atoms with van der Waals surface area (Å²) in [6.45, 7) is 8.57. The maximum absolute atomic E-state index is 11.7. The van der Waals surface area contributed by atoms with Crippen molar-refractivity contribution in [2.24, 2.45) is 5.92 Å². The zero-order valence-electron chi connectivity index (χ0n) is 12.1. The molecule has 1 rings (SSSR count). The smallest absolute Gasteiger partial charge is 0.183 e. The third kappa shape index (κ3) is 5.83. The highest BCUT2D eigenvalue weighted by Crippen LogP contribution is 2.12. The maximum Gasteiger partial charge on any atom is 0.183 e. The molecule has 0 bridgehead atoms. The van der Waals surface area contributed by atoms with Gasteiger partial charge in [0, 0.05) is 5.92 Å². The Labute approximate surface area is 115 Å². The van der Waals surface area contributed by atoms with E-state index >= 15 is 0 Å². The van der Waals surface area contributed by atoms with Gasteiger partial charge in [-0.15, -0.1) is 0 Å². The summed E-state index contributed by atoms with van der Waals surface area (Å²) in [6.07, 6.45) is 3.74. The molecule has 0 aliphatic rings. The number of carbonyl (C=O) groups excluding carboxylic acids is 1. The molecule has 0 spiro atoms. The molecule has 0 amide bonds. The van der Waals surface area contributed by atoms with Gasteiger partial charge in [0.05, 0.1) is 12.8 Å². The Morgan fingerprint density at radius 2 is 2.16 bits per heavy atom. The van der Waals surface area contributed by atoms with Gasteiger partial charge in [-0.2, -0.15) is 0 Å². The molecule has 0 saturated carbocycles.